The van der Waals surface area contributed by atoms with E-state index in [4.69, 9.17) is 5.26 Å². The van der Waals surface area contributed by atoms with Crippen LogP contribution in [0.2, 0.25) is 0 Å². The molecule has 1 N–H and O–H groups in total. The molecular formula is C14H14N4OS. The molecule has 0 saturated heterocycles. The van der Waals surface area contributed by atoms with E-state index in [-0.39, 0.29) is 12.3 Å². The van der Waals surface area contributed by atoms with Crippen molar-refractivity contribution >= 4 is 17.2 Å². The van der Waals surface area contributed by atoms with Gasteiger partial charge >= 0.3 is 0 Å². The molecule has 2 heterocycles. The highest BCUT2D eigenvalue weighted by molar-refractivity contribution is 7.13. The summed E-state index contributed by atoms with van der Waals surface area (Å²) in [5.41, 5.74) is 1.65. The first-order valence-corrected chi connectivity index (χ1v) is 7.14. The van der Waals surface area contributed by atoms with E-state index >= 15 is 0 Å². The molecule has 1 amide bonds. The Labute approximate surface area is 121 Å². The van der Waals surface area contributed by atoms with Crippen molar-refractivity contribution in [2.45, 2.75) is 25.8 Å². The van der Waals surface area contributed by atoms with Gasteiger partial charge in [-0.3, -0.25) is 9.78 Å². The van der Waals surface area contributed by atoms with Crippen molar-refractivity contribution in [3.8, 4) is 16.6 Å². The average Bonchev–Trinajstić information content (AvgIpc) is 2.94. The van der Waals surface area contributed by atoms with Gasteiger partial charge < -0.3 is 5.32 Å². The van der Waals surface area contributed by atoms with Gasteiger partial charge in [0.05, 0.1) is 18.2 Å². The van der Waals surface area contributed by atoms with Gasteiger partial charge in [-0.15, -0.1) is 11.3 Å². The van der Waals surface area contributed by atoms with E-state index in [1.54, 1.807) is 12.4 Å². The second kappa shape index (κ2) is 6.78. The lowest BCUT2D eigenvalue weighted by molar-refractivity contribution is -0.120. The maximum Gasteiger partial charge on any atom is 0.227 e. The molecule has 0 aliphatic rings. The summed E-state index contributed by atoms with van der Waals surface area (Å²) in [5.74, 6) is -0.179. The average molecular weight is 286 g/mol. The first kappa shape index (κ1) is 14.2. The first-order valence-electron chi connectivity index (χ1n) is 6.26. The smallest absolute Gasteiger partial charge is 0.227 e. The zero-order chi connectivity index (χ0) is 14.4. The minimum atomic E-state index is -0.432. The van der Waals surface area contributed by atoms with Crippen molar-refractivity contribution in [1.29, 1.82) is 5.26 Å². The predicted octanol–water partition coefficient (Wildman–Crippen LogP) is 2.17. The molecule has 0 aliphatic heterocycles. The Kier molecular flexibility index (Phi) is 4.80. The fourth-order valence-electron chi connectivity index (χ4n) is 1.65. The van der Waals surface area contributed by atoms with E-state index in [0.29, 0.717) is 12.1 Å². The topological polar surface area (TPSA) is 78.7 Å². The van der Waals surface area contributed by atoms with E-state index in [0.717, 1.165) is 10.6 Å². The summed E-state index contributed by atoms with van der Waals surface area (Å²) in [6.45, 7) is 1.86. The zero-order valence-corrected chi connectivity index (χ0v) is 11.9. The van der Waals surface area contributed by atoms with Gasteiger partial charge in [0.15, 0.2) is 0 Å². The Balaban J connectivity index is 2.00. The largest absolute Gasteiger partial charge is 0.340 e. The number of aromatic nitrogens is 2. The second-order valence-corrected chi connectivity index (χ2v) is 5.08. The number of hydrogen-bond acceptors (Lipinski definition) is 5. The van der Waals surface area contributed by atoms with Gasteiger partial charge in [0.1, 0.15) is 11.0 Å². The Morgan fingerprint density at radius 2 is 2.45 bits per heavy atom. The summed E-state index contributed by atoms with van der Waals surface area (Å²) in [4.78, 5) is 20.2. The quantitative estimate of drug-likeness (QED) is 0.913. The Morgan fingerprint density at radius 1 is 1.60 bits per heavy atom. The lowest BCUT2D eigenvalue weighted by Crippen LogP contribution is -2.34. The number of pyridine rings is 1. The highest BCUT2D eigenvalue weighted by Gasteiger charge is 2.12. The van der Waals surface area contributed by atoms with Crippen LogP contribution in [0.5, 0.6) is 0 Å². The molecule has 0 fully saturated rings. The fourth-order valence-corrected chi connectivity index (χ4v) is 2.46. The van der Waals surface area contributed by atoms with Crippen LogP contribution in [0.1, 0.15) is 19.0 Å². The van der Waals surface area contributed by atoms with Crippen LogP contribution in [-0.2, 0) is 11.2 Å². The lowest BCUT2D eigenvalue weighted by atomic mass is 10.2. The zero-order valence-electron chi connectivity index (χ0n) is 11.0. The molecule has 0 bridgehead atoms. The molecule has 0 aromatic carbocycles. The van der Waals surface area contributed by atoms with Gasteiger partial charge in [0.25, 0.3) is 0 Å². The van der Waals surface area contributed by atoms with Crippen molar-refractivity contribution in [3.05, 3.63) is 35.6 Å². The van der Waals surface area contributed by atoms with Crippen LogP contribution in [0, 0.1) is 11.3 Å². The number of carbonyl (C=O) groups is 1. The van der Waals surface area contributed by atoms with Crippen LogP contribution in [0.25, 0.3) is 10.6 Å². The van der Waals surface area contributed by atoms with Crippen molar-refractivity contribution in [1.82, 2.24) is 15.3 Å². The number of amides is 1. The monoisotopic (exact) mass is 286 g/mol. The van der Waals surface area contributed by atoms with Gasteiger partial charge in [0, 0.05) is 23.3 Å². The van der Waals surface area contributed by atoms with Crippen LogP contribution in [0.3, 0.4) is 0 Å². The maximum absolute atomic E-state index is 11.8. The molecule has 0 spiro atoms. The molecular weight excluding hydrogens is 272 g/mol. The highest BCUT2D eigenvalue weighted by Crippen LogP contribution is 2.22. The van der Waals surface area contributed by atoms with Gasteiger partial charge in [-0.05, 0) is 18.6 Å². The molecule has 0 unspecified atom stereocenters. The maximum atomic E-state index is 11.8. The van der Waals surface area contributed by atoms with Crippen molar-refractivity contribution in [3.63, 3.8) is 0 Å². The fraction of sp³-hybridized carbons (Fsp3) is 0.286. The number of nitrogens with one attached hydrogen (secondary N) is 1. The van der Waals surface area contributed by atoms with Gasteiger partial charge in [-0.25, -0.2) is 4.98 Å². The number of nitriles is 1. The van der Waals surface area contributed by atoms with Gasteiger partial charge in [0.2, 0.25) is 5.91 Å². The van der Waals surface area contributed by atoms with Crippen molar-refractivity contribution in [2.75, 3.05) is 0 Å². The summed E-state index contributed by atoms with van der Waals surface area (Å²) in [7, 11) is 0. The van der Waals surface area contributed by atoms with Crippen LogP contribution in [0.15, 0.2) is 29.9 Å². The van der Waals surface area contributed by atoms with Crippen LogP contribution < -0.4 is 5.32 Å². The Hall–Kier alpha value is -2.26. The van der Waals surface area contributed by atoms with Crippen LogP contribution in [0.4, 0.5) is 0 Å². The molecule has 20 heavy (non-hydrogen) atoms. The minimum absolute atomic E-state index is 0.179. The Bertz CT molecular complexity index is 618. The molecule has 1 atom stereocenters. The molecule has 2 rings (SSSR count). The van der Waals surface area contributed by atoms with Gasteiger partial charge in [-0.2, -0.15) is 5.26 Å². The third-order valence-corrected chi connectivity index (χ3v) is 3.64. The predicted molar refractivity (Wildman–Crippen MR) is 76.9 cm³/mol. The molecule has 2 aromatic heterocycles. The van der Waals surface area contributed by atoms with Crippen molar-refractivity contribution < 1.29 is 4.79 Å². The standard InChI is InChI=1S/C14H14N4OS/c1-2-11(7-15)17-13(19)6-12-9-20-14(18-12)10-4-3-5-16-8-10/h3-5,8-9,11H,2,6H2,1H3,(H,17,19)/t11-/m0/s1. The Morgan fingerprint density at radius 3 is 3.10 bits per heavy atom. The van der Waals surface area contributed by atoms with Crippen LogP contribution in [-0.4, -0.2) is 21.9 Å². The summed E-state index contributed by atoms with van der Waals surface area (Å²) in [5, 5.41) is 14.2. The molecule has 102 valence electrons. The highest BCUT2D eigenvalue weighted by atomic mass is 32.1. The van der Waals surface area contributed by atoms with E-state index in [1.807, 2.05) is 30.5 Å². The number of hydrogen-bond donors (Lipinski definition) is 1. The number of thiazole rings is 1. The SMILES string of the molecule is CC[C@@H](C#N)NC(=O)Cc1csc(-c2cccnc2)n1. The van der Waals surface area contributed by atoms with E-state index in [1.165, 1.54) is 11.3 Å². The van der Waals surface area contributed by atoms with Gasteiger partial charge in [-0.1, -0.05) is 6.92 Å². The third-order valence-electron chi connectivity index (χ3n) is 2.70. The summed E-state index contributed by atoms with van der Waals surface area (Å²) >= 11 is 1.48. The second-order valence-electron chi connectivity index (χ2n) is 4.22. The van der Waals surface area contributed by atoms with Crippen LogP contribution >= 0.6 is 11.3 Å². The molecule has 0 saturated carbocycles. The number of nitrogens with zero attached hydrogens (tertiary/aromatic N) is 3. The minimum Gasteiger partial charge on any atom is -0.340 e. The summed E-state index contributed by atoms with van der Waals surface area (Å²) in [6, 6.07) is 5.39. The molecule has 0 radical (unpaired) electrons. The summed E-state index contributed by atoms with van der Waals surface area (Å²) in [6.07, 6.45) is 4.24. The molecule has 0 aliphatic carbocycles. The third kappa shape index (κ3) is 3.62. The summed E-state index contributed by atoms with van der Waals surface area (Å²) < 4.78 is 0. The van der Waals surface area contributed by atoms with E-state index < -0.39 is 6.04 Å². The lowest BCUT2D eigenvalue weighted by Gasteiger charge is -2.07. The van der Waals surface area contributed by atoms with E-state index in [9.17, 15) is 4.79 Å². The number of rotatable bonds is 5. The number of carbonyl (C=O) groups excluding carboxylic acids is 1. The van der Waals surface area contributed by atoms with E-state index in [2.05, 4.69) is 15.3 Å². The normalized spacial score (nSPS) is 11.6. The molecule has 2 aromatic rings. The first-order chi connectivity index (χ1) is 9.72. The molecule has 5 nitrogen and oxygen atoms in total. The molecule has 6 heteroatoms. The van der Waals surface area contributed by atoms with Crippen molar-refractivity contribution in [2.24, 2.45) is 0 Å².